The van der Waals surface area contributed by atoms with Crippen molar-refractivity contribution in [2.75, 3.05) is 0 Å². The predicted molar refractivity (Wildman–Crippen MR) is 48.1 cm³/mol. The summed E-state index contributed by atoms with van der Waals surface area (Å²) in [6.45, 7) is 2.00. The van der Waals surface area contributed by atoms with Gasteiger partial charge in [0.2, 0.25) is 0 Å². The van der Waals surface area contributed by atoms with Gasteiger partial charge in [0.25, 0.3) is 0 Å². The summed E-state index contributed by atoms with van der Waals surface area (Å²) >= 11 is 0. The van der Waals surface area contributed by atoms with E-state index in [-0.39, 0.29) is 0 Å². The molecule has 0 aliphatic heterocycles. The van der Waals surface area contributed by atoms with E-state index in [4.69, 9.17) is 5.26 Å². The van der Waals surface area contributed by atoms with Gasteiger partial charge in [0.05, 0.1) is 11.3 Å². The second-order valence-corrected chi connectivity index (χ2v) is 2.35. The van der Waals surface area contributed by atoms with E-state index in [2.05, 4.69) is 11.1 Å². The van der Waals surface area contributed by atoms with Crippen LogP contribution in [-0.2, 0) is 0 Å². The maximum absolute atomic E-state index is 8.75. The van der Waals surface area contributed by atoms with E-state index >= 15 is 0 Å². The summed E-state index contributed by atoms with van der Waals surface area (Å²) < 4.78 is 0. The molecule has 0 fully saturated rings. The van der Waals surface area contributed by atoms with Gasteiger partial charge in [-0.05, 0) is 18.6 Å². The number of aromatic nitrogens is 1. The maximum atomic E-state index is 8.75. The summed E-state index contributed by atoms with van der Waals surface area (Å²) in [4.78, 5) is 4.08. The summed E-state index contributed by atoms with van der Waals surface area (Å²) in [5.41, 5.74) is 1.40. The Hall–Kier alpha value is -1.62. The molecule has 0 bridgehead atoms. The third-order valence-electron chi connectivity index (χ3n) is 1.47. The fourth-order valence-electron chi connectivity index (χ4n) is 0.934. The molecule has 1 heterocycles. The average Bonchev–Trinajstić information content (AvgIpc) is 2.15. The van der Waals surface area contributed by atoms with Crippen LogP contribution in [0, 0.1) is 11.3 Å². The van der Waals surface area contributed by atoms with Gasteiger partial charge in [-0.25, -0.2) is 0 Å². The third kappa shape index (κ3) is 1.93. The monoisotopic (exact) mass is 158 g/mol. The molecule has 2 nitrogen and oxygen atoms in total. The molecule has 60 valence electrons. The largest absolute Gasteiger partial charge is 0.256 e. The lowest BCUT2D eigenvalue weighted by molar-refractivity contribution is 1.21. The van der Waals surface area contributed by atoms with E-state index in [1.54, 1.807) is 6.20 Å². The smallest absolute Gasteiger partial charge is 0.101 e. The summed E-state index contributed by atoms with van der Waals surface area (Å²) in [6.07, 6.45) is 4.43. The lowest BCUT2D eigenvalue weighted by Gasteiger charge is -1.94. The predicted octanol–water partition coefficient (Wildman–Crippen LogP) is 2.40. The van der Waals surface area contributed by atoms with Gasteiger partial charge in [-0.3, -0.25) is 4.98 Å². The minimum Gasteiger partial charge on any atom is -0.256 e. The highest BCUT2D eigenvalue weighted by molar-refractivity contribution is 5.74. The Balaban J connectivity index is 2.98. The van der Waals surface area contributed by atoms with Crippen molar-refractivity contribution in [3.05, 3.63) is 36.2 Å². The molecule has 0 amide bonds. The first-order valence-electron chi connectivity index (χ1n) is 3.90. The van der Waals surface area contributed by atoms with Crippen molar-refractivity contribution in [2.24, 2.45) is 0 Å². The molecule has 0 aromatic carbocycles. The van der Waals surface area contributed by atoms with Crippen LogP contribution in [0.15, 0.2) is 30.5 Å². The summed E-state index contributed by atoms with van der Waals surface area (Å²) in [7, 11) is 0. The third-order valence-corrected chi connectivity index (χ3v) is 1.47. The number of rotatable bonds is 2. The van der Waals surface area contributed by atoms with Crippen molar-refractivity contribution < 1.29 is 0 Å². The van der Waals surface area contributed by atoms with E-state index < -0.39 is 0 Å². The highest BCUT2D eigenvalue weighted by Gasteiger charge is 1.97. The van der Waals surface area contributed by atoms with Gasteiger partial charge in [0.15, 0.2) is 0 Å². The van der Waals surface area contributed by atoms with E-state index in [0.29, 0.717) is 5.57 Å². The lowest BCUT2D eigenvalue weighted by atomic mass is 10.1. The van der Waals surface area contributed by atoms with Crippen LogP contribution in [0.4, 0.5) is 0 Å². The maximum Gasteiger partial charge on any atom is 0.101 e. The lowest BCUT2D eigenvalue weighted by Crippen LogP contribution is -1.84. The minimum absolute atomic E-state index is 0.651. The van der Waals surface area contributed by atoms with Crippen LogP contribution in [-0.4, -0.2) is 4.98 Å². The average molecular weight is 158 g/mol. The van der Waals surface area contributed by atoms with E-state index in [1.165, 1.54) is 0 Å². The second kappa shape index (κ2) is 4.30. The molecular weight excluding hydrogens is 148 g/mol. The quantitative estimate of drug-likeness (QED) is 0.619. The van der Waals surface area contributed by atoms with Crippen molar-refractivity contribution >= 4 is 5.57 Å². The Kier molecular flexibility index (Phi) is 3.04. The van der Waals surface area contributed by atoms with Crippen molar-refractivity contribution in [3.63, 3.8) is 0 Å². The fourth-order valence-corrected chi connectivity index (χ4v) is 0.934. The number of hydrogen-bond donors (Lipinski definition) is 0. The first-order chi connectivity index (χ1) is 5.88. The molecule has 0 unspecified atom stereocenters. The Morgan fingerprint density at radius 3 is 3.00 bits per heavy atom. The van der Waals surface area contributed by atoms with Crippen LogP contribution in [0.2, 0.25) is 0 Å². The first-order valence-corrected chi connectivity index (χ1v) is 3.90. The molecule has 0 radical (unpaired) electrons. The second-order valence-electron chi connectivity index (χ2n) is 2.35. The van der Waals surface area contributed by atoms with Crippen LogP contribution in [0.5, 0.6) is 0 Å². The molecule has 1 rings (SSSR count). The van der Waals surface area contributed by atoms with Gasteiger partial charge >= 0.3 is 0 Å². The van der Waals surface area contributed by atoms with E-state index in [9.17, 15) is 0 Å². The molecule has 0 aliphatic rings. The van der Waals surface area contributed by atoms with Crippen LogP contribution in [0.1, 0.15) is 19.0 Å². The fraction of sp³-hybridized carbons (Fsp3) is 0.200. The van der Waals surface area contributed by atoms with Crippen LogP contribution in [0.25, 0.3) is 5.57 Å². The number of hydrogen-bond acceptors (Lipinski definition) is 2. The minimum atomic E-state index is 0.651. The summed E-state index contributed by atoms with van der Waals surface area (Å²) in [5.74, 6) is 0. The van der Waals surface area contributed by atoms with Gasteiger partial charge in [-0.1, -0.05) is 19.1 Å². The molecule has 12 heavy (non-hydrogen) atoms. The van der Waals surface area contributed by atoms with Gasteiger partial charge in [-0.15, -0.1) is 0 Å². The van der Waals surface area contributed by atoms with Crippen LogP contribution < -0.4 is 0 Å². The van der Waals surface area contributed by atoms with Gasteiger partial charge in [0, 0.05) is 6.20 Å². The molecule has 2 heteroatoms. The standard InChI is InChI=1S/C10H10N2/c1-2-5-9(8-11)10-6-3-4-7-12-10/h3-7H,2H2,1H3. The van der Waals surface area contributed by atoms with Crippen LogP contribution >= 0.6 is 0 Å². The zero-order chi connectivity index (χ0) is 8.81. The van der Waals surface area contributed by atoms with Crippen molar-refractivity contribution in [1.82, 2.24) is 4.98 Å². The Morgan fingerprint density at radius 2 is 2.50 bits per heavy atom. The highest BCUT2D eigenvalue weighted by Crippen LogP contribution is 2.09. The summed E-state index contributed by atoms with van der Waals surface area (Å²) in [5, 5.41) is 8.75. The molecule has 0 spiro atoms. The topological polar surface area (TPSA) is 36.7 Å². The molecule has 0 saturated carbocycles. The number of nitriles is 1. The SMILES string of the molecule is CCC=C(C#N)c1ccccn1. The molecule has 0 N–H and O–H groups in total. The zero-order valence-electron chi connectivity index (χ0n) is 6.99. The van der Waals surface area contributed by atoms with E-state index in [0.717, 1.165) is 12.1 Å². The molecule has 0 atom stereocenters. The van der Waals surface area contributed by atoms with Crippen molar-refractivity contribution in [1.29, 1.82) is 5.26 Å². The molecule has 0 saturated heterocycles. The first kappa shape index (κ1) is 8.48. The normalized spacial score (nSPS) is 10.8. The van der Waals surface area contributed by atoms with Gasteiger partial charge in [-0.2, -0.15) is 5.26 Å². The number of nitrogens with zero attached hydrogens (tertiary/aromatic N) is 2. The zero-order valence-corrected chi connectivity index (χ0v) is 6.99. The van der Waals surface area contributed by atoms with Crippen LogP contribution in [0.3, 0.4) is 0 Å². The molecule has 1 aromatic heterocycles. The van der Waals surface area contributed by atoms with Gasteiger partial charge in [0.1, 0.15) is 6.07 Å². The number of allylic oxidation sites excluding steroid dienone is 2. The van der Waals surface area contributed by atoms with E-state index in [1.807, 2.05) is 31.2 Å². The number of pyridine rings is 1. The molecular formula is C10H10N2. The summed E-state index contributed by atoms with van der Waals surface area (Å²) in [6, 6.07) is 7.67. The highest BCUT2D eigenvalue weighted by atomic mass is 14.7. The molecule has 1 aromatic rings. The van der Waals surface area contributed by atoms with Crippen molar-refractivity contribution in [2.45, 2.75) is 13.3 Å². The Bertz CT molecular complexity index is 306. The Morgan fingerprint density at radius 1 is 1.67 bits per heavy atom. The van der Waals surface area contributed by atoms with Crippen molar-refractivity contribution in [3.8, 4) is 6.07 Å². The molecule has 0 aliphatic carbocycles. The van der Waals surface area contributed by atoms with Gasteiger partial charge < -0.3 is 0 Å². The Labute approximate surface area is 72.2 Å².